The maximum atomic E-state index is 13.0. The molecule has 0 saturated heterocycles. The topological polar surface area (TPSA) is 12.9 Å². The molecule has 1 nitrogen and oxygen atoms in total. The molecule has 121 valence electrons. The molecule has 0 saturated carbocycles. The van der Waals surface area contributed by atoms with Gasteiger partial charge in [-0.25, -0.2) is 4.39 Å². The molecule has 0 aliphatic carbocycles. The minimum Gasteiger partial charge on any atom is -0.254 e. The smallest absolute Gasteiger partial charge is 0.131 e. The molecule has 2 aromatic rings. The molecular formula is C19H23FIrN-. The Balaban J connectivity index is 0.00000242. The Kier molecular flexibility index (Phi) is 6.90. The van der Waals surface area contributed by atoms with E-state index in [9.17, 15) is 4.39 Å². The van der Waals surface area contributed by atoms with Crippen molar-refractivity contribution in [3.63, 3.8) is 0 Å². The summed E-state index contributed by atoms with van der Waals surface area (Å²) in [6.07, 6.45) is 0. The van der Waals surface area contributed by atoms with E-state index in [4.69, 9.17) is 0 Å². The maximum Gasteiger partial charge on any atom is 0.131 e. The molecule has 0 aliphatic heterocycles. The molecule has 1 radical (unpaired) electrons. The van der Waals surface area contributed by atoms with E-state index in [0.717, 1.165) is 11.3 Å². The molecule has 1 aromatic heterocycles. The van der Waals surface area contributed by atoms with Gasteiger partial charge in [0, 0.05) is 31.2 Å². The van der Waals surface area contributed by atoms with E-state index in [-0.39, 0.29) is 25.5 Å². The van der Waals surface area contributed by atoms with Crippen molar-refractivity contribution >= 4 is 0 Å². The third-order valence-corrected chi connectivity index (χ3v) is 4.34. The van der Waals surface area contributed by atoms with E-state index in [1.54, 1.807) is 6.07 Å². The van der Waals surface area contributed by atoms with E-state index in [1.807, 2.05) is 30.3 Å². The van der Waals surface area contributed by atoms with Crippen molar-refractivity contribution in [1.82, 2.24) is 4.98 Å². The van der Waals surface area contributed by atoms with E-state index in [2.05, 4.69) is 44.8 Å². The summed E-state index contributed by atoms with van der Waals surface area (Å²) in [7, 11) is 0. The van der Waals surface area contributed by atoms with Gasteiger partial charge >= 0.3 is 0 Å². The second kappa shape index (κ2) is 7.99. The van der Waals surface area contributed by atoms with Crippen LogP contribution in [0.5, 0.6) is 0 Å². The van der Waals surface area contributed by atoms with Gasteiger partial charge in [-0.1, -0.05) is 33.8 Å². The standard InChI is InChI=1S/C19H23FN.Ir/c1-14(2)19(15(3)4,16-9-6-5-7-10-16)18-12-8-11-17(13-20)21-18;/h5-9,11-12,14-15H,13H2,1-4H3;/q-1;. The van der Waals surface area contributed by atoms with E-state index in [0.29, 0.717) is 17.5 Å². The third-order valence-electron chi connectivity index (χ3n) is 4.34. The molecule has 0 unspecified atom stereocenters. The fourth-order valence-electron chi connectivity index (χ4n) is 3.45. The number of alkyl halides is 1. The first-order valence-corrected chi connectivity index (χ1v) is 7.53. The van der Waals surface area contributed by atoms with Crippen molar-refractivity contribution in [2.24, 2.45) is 11.8 Å². The summed E-state index contributed by atoms with van der Waals surface area (Å²) in [4.78, 5) is 4.59. The zero-order chi connectivity index (χ0) is 15.5. The molecule has 2 rings (SSSR count). The Hall–Kier alpha value is -1.05. The monoisotopic (exact) mass is 477 g/mol. The van der Waals surface area contributed by atoms with Crippen LogP contribution >= 0.6 is 0 Å². The zero-order valence-corrected chi connectivity index (χ0v) is 16.0. The van der Waals surface area contributed by atoms with Crippen LogP contribution in [0.1, 0.15) is 44.6 Å². The van der Waals surface area contributed by atoms with Crippen LogP contribution < -0.4 is 0 Å². The molecule has 0 N–H and O–H groups in total. The van der Waals surface area contributed by atoms with Crippen LogP contribution in [0.4, 0.5) is 4.39 Å². The summed E-state index contributed by atoms with van der Waals surface area (Å²) >= 11 is 0. The summed E-state index contributed by atoms with van der Waals surface area (Å²) < 4.78 is 13.0. The predicted octanol–water partition coefficient (Wildman–Crippen LogP) is 4.95. The minimum atomic E-state index is -0.529. The summed E-state index contributed by atoms with van der Waals surface area (Å²) in [6.45, 7) is 8.27. The second-order valence-corrected chi connectivity index (χ2v) is 6.10. The van der Waals surface area contributed by atoms with Gasteiger partial charge < -0.3 is 0 Å². The van der Waals surface area contributed by atoms with Crippen molar-refractivity contribution in [2.45, 2.75) is 39.8 Å². The van der Waals surface area contributed by atoms with E-state index < -0.39 is 6.67 Å². The fourth-order valence-corrected chi connectivity index (χ4v) is 3.45. The molecule has 0 amide bonds. The van der Waals surface area contributed by atoms with Crippen molar-refractivity contribution < 1.29 is 24.5 Å². The Labute approximate surface area is 146 Å². The first kappa shape index (κ1) is 19.0. The van der Waals surface area contributed by atoms with Gasteiger partial charge in [0.1, 0.15) is 6.67 Å². The molecule has 1 heterocycles. The largest absolute Gasteiger partial charge is 0.254 e. The van der Waals surface area contributed by atoms with Crippen LogP contribution in [0.2, 0.25) is 0 Å². The second-order valence-electron chi connectivity index (χ2n) is 6.10. The van der Waals surface area contributed by atoms with Gasteiger partial charge in [-0.2, -0.15) is 30.3 Å². The summed E-state index contributed by atoms with van der Waals surface area (Å²) in [5, 5.41) is 0. The van der Waals surface area contributed by atoms with E-state index >= 15 is 0 Å². The van der Waals surface area contributed by atoms with Gasteiger partial charge in [-0.3, -0.25) is 4.98 Å². The Bertz CT molecular complexity index is 573. The molecule has 0 bridgehead atoms. The molecule has 3 heteroatoms. The first-order valence-electron chi connectivity index (χ1n) is 7.53. The number of halogens is 1. The fraction of sp³-hybridized carbons (Fsp3) is 0.421. The number of hydrogen-bond acceptors (Lipinski definition) is 1. The van der Waals surface area contributed by atoms with Gasteiger partial charge in [-0.05, 0) is 24.0 Å². The predicted molar refractivity (Wildman–Crippen MR) is 84.8 cm³/mol. The van der Waals surface area contributed by atoms with Crippen molar-refractivity contribution in [3.8, 4) is 0 Å². The number of benzene rings is 1. The van der Waals surface area contributed by atoms with Crippen LogP contribution in [0.3, 0.4) is 0 Å². The van der Waals surface area contributed by atoms with Gasteiger partial charge in [0.05, 0.1) is 5.69 Å². The van der Waals surface area contributed by atoms with Gasteiger partial charge in [0.25, 0.3) is 0 Å². The third kappa shape index (κ3) is 3.31. The number of hydrogen-bond donors (Lipinski definition) is 0. The van der Waals surface area contributed by atoms with Crippen LogP contribution in [0.15, 0.2) is 42.5 Å². The number of aromatic nitrogens is 1. The maximum absolute atomic E-state index is 13.0. The number of nitrogens with zero attached hydrogens (tertiary/aromatic N) is 1. The average molecular weight is 477 g/mol. The Morgan fingerprint density at radius 2 is 1.73 bits per heavy atom. The molecule has 0 spiro atoms. The Morgan fingerprint density at radius 3 is 2.23 bits per heavy atom. The summed E-state index contributed by atoms with van der Waals surface area (Å²) in [5.74, 6) is 0.664. The van der Waals surface area contributed by atoms with Crippen molar-refractivity contribution in [1.29, 1.82) is 0 Å². The van der Waals surface area contributed by atoms with Gasteiger partial charge in [0.15, 0.2) is 0 Å². The molecule has 0 atom stereocenters. The van der Waals surface area contributed by atoms with Gasteiger partial charge in [-0.15, -0.1) is 5.56 Å². The number of rotatable bonds is 5. The molecule has 0 fully saturated rings. The average Bonchev–Trinajstić information content (AvgIpc) is 2.48. The summed E-state index contributed by atoms with van der Waals surface area (Å²) in [5.41, 5.74) is 2.30. The normalized spacial score (nSPS) is 11.6. The van der Waals surface area contributed by atoms with E-state index in [1.165, 1.54) is 0 Å². The van der Waals surface area contributed by atoms with Gasteiger partial charge in [0.2, 0.25) is 0 Å². The zero-order valence-electron chi connectivity index (χ0n) is 13.6. The minimum absolute atomic E-state index is 0. The summed E-state index contributed by atoms with van der Waals surface area (Å²) in [6, 6.07) is 17.1. The molecule has 1 aromatic carbocycles. The van der Waals surface area contributed by atoms with Crippen LogP contribution in [-0.2, 0) is 32.2 Å². The Morgan fingerprint density at radius 1 is 1.05 bits per heavy atom. The van der Waals surface area contributed by atoms with Crippen molar-refractivity contribution in [3.05, 3.63) is 65.5 Å². The van der Waals surface area contributed by atoms with Crippen LogP contribution in [-0.4, -0.2) is 4.98 Å². The van der Waals surface area contributed by atoms with Crippen LogP contribution in [0.25, 0.3) is 0 Å². The molecule has 22 heavy (non-hydrogen) atoms. The first-order chi connectivity index (χ1) is 10.0. The number of pyridine rings is 1. The SMILES string of the molecule is CC(C)C(c1[c-]cccc1)(c1cccc(CF)n1)C(C)C.[Ir]. The molecule has 0 aliphatic rings. The van der Waals surface area contributed by atoms with Crippen molar-refractivity contribution in [2.75, 3.05) is 0 Å². The van der Waals surface area contributed by atoms with Crippen LogP contribution in [0, 0.1) is 17.9 Å². The molecular weight excluding hydrogens is 453 g/mol. The quantitative estimate of drug-likeness (QED) is 0.557.